The van der Waals surface area contributed by atoms with Gasteiger partial charge in [-0.05, 0) is 131 Å². The molecule has 3 aromatic carbocycles. The smallest absolute Gasteiger partial charge is 0.410 e. The van der Waals surface area contributed by atoms with Crippen LogP contribution < -0.4 is 16.0 Å². The Morgan fingerprint density at radius 3 is 1.89 bits per heavy atom. The molecule has 16 heteroatoms. The Balaban J connectivity index is 1.07. The van der Waals surface area contributed by atoms with Crippen molar-refractivity contribution in [2.75, 3.05) is 38.0 Å². The van der Waals surface area contributed by atoms with Gasteiger partial charge in [-0.25, -0.2) is 9.59 Å². The van der Waals surface area contributed by atoms with Crippen LogP contribution in [0, 0.1) is 11.8 Å². The van der Waals surface area contributed by atoms with Crippen LogP contribution in [0.25, 0.3) is 22.5 Å². The number of anilines is 1. The van der Waals surface area contributed by atoms with E-state index in [1.54, 1.807) is 34.1 Å². The van der Waals surface area contributed by atoms with E-state index >= 15 is 0 Å². The molecular weight excluding hydrogens is 779 g/mol. The topological polar surface area (TPSA) is 201 Å². The molecule has 0 radical (unpaired) electrons. The van der Waals surface area contributed by atoms with Crippen LogP contribution >= 0.6 is 0 Å². The summed E-state index contributed by atoms with van der Waals surface area (Å²) in [6.45, 7) is 13.1. The number of nitrogens with one attached hydrogen (secondary N) is 4. The van der Waals surface area contributed by atoms with Crippen molar-refractivity contribution in [1.82, 2.24) is 41.1 Å². The van der Waals surface area contributed by atoms with Crippen molar-refractivity contribution in [1.29, 1.82) is 0 Å². The molecule has 0 unspecified atom stereocenters. The largest absolute Gasteiger partial charge is 0.444 e. The number of nitrogens with zero attached hydrogens (tertiary/aromatic N) is 5. The van der Waals surface area contributed by atoms with Crippen LogP contribution in [0.5, 0.6) is 0 Å². The number of hydrogen-bond donors (Lipinski definition) is 4. The van der Waals surface area contributed by atoms with Gasteiger partial charge in [0.05, 0.1) is 0 Å². The van der Waals surface area contributed by atoms with Gasteiger partial charge in [-0.1, -0.05) is 36.4 Å². The lowest BCUT2D eigenvalue weighted by molar-refractivity contribution is -0.130. The van der Waals surface area contributed by atoms with Gasteiger partial charge in [0.1, 0.15) is 17.2 Å². The van der Waals surface area contributed by atoms with Crippen molar-refractivity contribution >= 4 is 35.6 Å². The number of benzene rings is 3. The number of hydrogen-bond acceptors (Lipinski definition) is 10. The molecule has 1 aromatic heterocycles. The first-order valence-corrected chi connectivity index (χ1v) is 20.9. The lowest BCUT2D eigenvalue weighted by Gasteiger charge is -2.35. The van der Waals surface area contributed by atoms with E-state index in [9.17, 15) is 24.0 Å². The van der Waals surface area contributed by atoms with Crippen molar-refractivity contribution in [3.63, 3.8) is 0 Å². The summed E-state index contributed by atoms with van der Waals surface area (Å²) in [5, 5.41) is 22.9. The fourth-order valence-corrected chi connectivity index (χ4v) is 7.36. The number of carbonyl (C=O) groups excluding carboxylic acids is 5. The molecule has 4 N–H and O–H groups in total. The molecule has 1 saturated heterocycles. The van der Waals surface area contributed by atoms with Gasteiger partial charge in [0, 0.05) is 61.9 Å². The molecule has 1 atom stereocenters. The van der Waals surface area contributed by atoms with Crippen molar-refractivity contribution in [2.24, 2.45) is 11.8 Å². The molecule has 2 heterocycles. The Labute approximate surface area is 356 Å². The first kappa shape index (κ1) is 44.2. The van der Waals surface area contributed by atoms with E-state index in [4.69, 9.17) is 9.47 Å². The summed E-state index contributed by atoms with van der Waals surface area (Å²) in [5.74, 6) is -0.230. The normalized spacial score (nSPS) is 17.5. The molecule has 61 heavy (non-hydrogen) atoms. The number of aromatic nitrogens is 4. The Kier molecular flexibility index (Phi) is 14.1. The minimum Gasteiger partial charge on any atom is -0.444 e. The zero-order valence-electron chi connectivity index (χ0n) is 35.8. The number of ether oxygens (including phenoxy) is 2. The predicted octanol–water partition coefficient (Wildman–Crippen LogP) is 6.22. The molecule has 1 aliphatic heterocycles. The van der Waals surface area contributed by atoms with Crippen LogP contribution in [0.3, 0.4) is 0 Å². The molecule has 324 valence electrons. The van der Waals surface area contributed by atoms with Crippen LogP contribution in [-0.2, 0) is 25.5 Å². The first-order valence-electron chi connectivity index (χ1n) is 20.9. The van der Waals surface area contributed by atoms with Crippen molar-refractivity contribution < 1.29 is 33.4 Å². The van der Waals surface area contributed by atoms with E-state index in [0.717, 1.165) is 35.1 Å². The SMILES string of the molecule is CC(C)(C)OC(=O)NCC1CCC(C(=O)N[C@@H](Cc2ccc(-c3ccc(C(=O)N4CCN(C(=O)OC(C)(C)C)CC4)cc3)cc2)C(=O)Nc2ccc(-c3nn[nH]n3)cc2)CC1. The quantitative estimate of drug-likeness (QED) is 0.134. The van der Waals surface area contributed by atoms with Gasteiger partial charge in [-0.15, -0.1) is 10.2 Å². The third kappa shape index (κ3) is 12.8. The Morgan fingerprint density at radius 2 is 1.31 bits per heavy atom. The summed E-state index contributed by atoms with van der Waals surface area (Å²) in [7, 11) is 0. The highest BCUT2D eigenvalue weighted by Crippen LogP contribution is 2.29. The molecule has 0 bridgehead atoms. The Bertz CT molecular complexity index is 2110. The highest BCUT2D eigenvalue weighted by Gasteiger charge is 2.31. The number of H-pyrrole nitrogens is 1. The van der Waals surface area contributed by atoms with Crippen LogP contribution in [0.1, 0.15) is 83.1 Å². The second-order valence-electron chi connectivity index (χ2n) is 17.7. The summed E-state index contributed by atoms with van der Waals surface area (Å²) in [6.07, 6.45) is 2.24. The van der Waals surface area contributed by atoms with E-state index in [1.807, 2.05) is 90.1 Å². The molecule has 0 spiro atoms. The number of carbonyl (C=O) groups is 5. The Morgan fingerprint density at radius 1 is 0.738 bits per heavy atom. The second kappa shape index (κ2) is 19.4. The molecule has 5 amide bonds. The summed E-state index contributed by atoms with van der Waals surface area (Å²) in [5.41, 5.74) is 3.38. The lowest BCUT2D eigenvalue weighted by atomic mass is 9.81. The third-order valence-corrected chi connectivity index (χ3v) is 10.6. The van der Waals surface area contributed by atoms with Crippen LogP contribution in [0.15, 0.2) is 72.8 Å². The molecule has 2 aliphatic rings. The maximum absolute atomic E-state index is 13.9. The Hall–Kier alpha value is -6.32. The number of alkyl carbamates (subject to hydrolysis) is 1. The molecule has 6 rings (SSSR count). The molecule has 16 nitrogen and oxygen atoms in total. The number of piperazine rings is 1. The van der Waals surface area contributed by atoms with Gasteiger partial charge in [-0.2, -0.15) is 5.21 Å². The second-order valence-corrected chi connectivity index (χ2v) is 17.7. The van der Waals surface area contributed by atoms with Gasteiger partial charge in [-0.3, -0.25) is 14.4 Å². The lowest BCUT2D eigenvalue weighted by Crippen LogP contribution is -2.51. The standard InChI is InChI=1S/C45H57N9O7/c1-44(2,3)60-42(58)46-28-30-9-13-34(14-10-30)39(55)48-37(40(56)47-36-21-19-33(20-22-36)38-49-51-52-50-38)27-29-7-11-31(12-8-29)32-15-17-35(18-16-32)41(57)53-23-25-54(26-24-53)43(59)61-45(4,5)6/h7-8,11-12,15-22,30,34,37H,9-10,13-14,23-28H2,1-6H3,(H,46,58)(H,47,56)(H,48,55)(H,49,50,51,52)/t30?,34?,37-/m0/s1. The van der Waals surface area contributed by atoms with E-state index in [2.05, 4.69) is 36.6 Å². The molecular formula is C45H57N9O7. The fraction of sp³-hybridized carbons (Fsp3) is 0.467. The number of aromatic amines is 1. The van der Waals surface area contributed by atoms with E-state index in [1.165, 1.54) is 0 Å². The average molecular weight is 836 g/mol. The number of rotatable bonds is 11. The molecule has 4 aromatic rings. The van der Waals surface area contributed by atoms with E-state index in [-0.39, 0.29) is 42.1 Å². The highest BCUT2D eigenvalue weighted by molar-refractivity contribution is 5.98. The summed E-state index contributed by atoms with van der Waals surface area (Å²) < 4.78 is 10.8. The number of tetrazole rings is 1. The van der Waals surface area contributed by atoms with Crippen LogP contribution in [0.4, 0.5) is 15.3 Å². The third-order valence-electron chi connectivity index (χ3n) is 10.6. The maximum atomic E-state index is 13.9. The van der Waals surface area contributed by atoms with E-state index in [0.29, 0.717) is 62.6 Å². The van der Waals surface area contributed by atoms with Gasteiger partial charge >= 0.3 is 12.2 Å². The van der Waals surface area contributed by atoms with Gasteiger partial charge < -0.3 is 35.2 Å². The van der Waals surface area contributed by atoms with Gasteiger partial charge in [0.15, 0.2) is 0 Å². The summed E-state index contributed by atoms with van der Waals surface area (Å²) in [6, 6.07) is 21.4. The van der Waals surface area contributed by atoms with Crippen molar-refractivity contribution in [3.8, 4) is 22.5 Å². The van der Waals surface area contributed by atoms with E-state index < -0.39 is 23.3 Å². The summed E-state index contributed by atoms with van der Waals surface area (Å²) >= 11 is 0. The van der Waals surface area contributed by atoms with Gasteiger partial charge in [0.2, 0.25) is 17.6 Å². The fourth-order valence-electron chi connectivity index (χ4n) is 7.36. The monoisotopic (exact) mass is 835 g/mol. The zero-order chi connectivity index (χ0) is 43.7. The van der Waals surface area contributed by atoms with Crippen LogP contribution in [-0.4, -0.2) is 110 Å². The number of amides is 5. The molecule has 1 saturated carbocycles. The van der Waals surface area contributed by atoms with Crippen LogP contribution in [0.2, 0.25) is 0 Å². The van der Waals surface area contributed by atoms with Gasteiger partial charge in [0.25, 0.3) is 5.91 Å². The summed E-state index contributed by atoms with van der Waals surface area (Å²) in [4.78, 5) is 68.9. The molecule has 2 fully saturated rings. The minimum absolute atomic E-state index is 0.0942. The zero-order valence-corrected chi connectivity index (χ0v) is 35.8. The highest BCUT2D eigenvalue weighted by atomic mass is 16.6. The minimum atomic E-state index is -0.863. The predicted molar refractivity (Wildman–Crippen MR) is 229 cm³/mol. The first-order chi connectivity index (χ1) is 29.0. The van der Waals surface area contributed by atoms with Crippen molar-refractivity contribution in [3.05, 3.63) is 83.9 Å². The average Bonchev–Trinajstić information content (AvgIpc) is 3.77. The maximum Gasteiger partial charge on any atom is 0.410 e. The van der Waals surface area contributed by atoms with Crippen molar-refractivity contribution in [2.45, 2.75) is 90.9 Å². The molecule has 1 aliphatic carbocycles.